The van der Waals surface area contributed by atoms with E-state index in [4.69, 9.17) is 27.9 Å². The molecule has 0 unspecified atom stereocenters. The van der Waals surface area contributed by atoms with Crippen molar-refractivity contribution in [3.8, 4) is 17.0 Å². The van der Waals surface area contributed by atoms with E-state index in [0.29, 0.717) is 15.2 Å². The number of thiazole rings is 1. The summed E-state index contributed by atoms with van der Waals surface area (Å²) in [6.07, 6.45) is 0. The molecular formula is C18H14Cl2N2O2S. The van der Waals surface area contributed by atoms with Crippen molar-refractivity contribution in [3.05, 3.63) is 63.0 Å². The van der Waals surface area contributed by atoms with Crippen molar-refractivity contribution in [2.24, 2.45) is 0 Å². The average Bonchev–Trinajstić information content (AvgIpc) is 3.03. The zero-order chi connectivity index (χ0) is 18.0. The monoisotopic (exact) mass is 392 g/mol. The number of anilines is 1. The highest BCUT2D eigenvalue weighted by molar-refractivity contribution is 7.14. The number of carbonyl (C=O) groups is 1. The van der Waals surface area contributed by atoms with Gasteiger partial charge < -0.3 is 4.74 Å². The fourth-order valence-corrected chi connectivity index (χ4v) is 3.63. The molecule has 1 heterocycles. The molecule has 0 bridgehead atoms. The van der Waals surface area contributed by atoms with E-state index in [9.17, 15) is 4.79 Å². The molecule has 0 saturated heterocycles. The number of benzene rings is 2. The summed E-state index contributed by atoms with van der Waals surface area (Å²) >= 11 is 13.5. The number of amides is 1. The Morgan fingerprint density at radius 2 is 1.92 bits per heavy atom. The third kappa shape index (κ3) is 3.79. The third-order valence-corrected chi connectivity index (χ3v) is 4.93. The third-order valence-electron chi connectivity index (χ3n) is 3.55. The molecule has 4 nitrogen and oxygen atoms in total. The van der Waals surface area contributed by atoms with Crippen LogP contribution in [0.5, 0.6) is 5.75 Å². The first-order valence-electron chi connectivity index (χ1n) is 7.35. The second kappa shape index (κ2) is 7.44. The van der Waals surface area contributed by atoms with Crippen LogP contribution in [0.3, 0.4) is 0 Å². The van der Waals surface area contributed by atoms with Crippen molar-refractivity contribution >= 4 is 45.6 Å². The van der Waals surface area contributed by atoms with Crippen molar-refractivity contribution in [2.45, 2.75) is 6.92 Å². The highest BCUT2D eigenvalue weighted by Crippen LogP contribution is 2.33. The van der Waals surface area contributed by atoms with Crippen LogP contribution in [-0.2, 0) is 0 Å². The smallest absolute Gasteiger partial charge is 0.260 e. The fourth-order valence-electron chi connectivity index (χ4n) is 2.35. The summed E-state index contributed by atoms with van der Waals surface area (Å²) in [6.45, 7) is 2.00. The first kappa shape index (κ1) is 17.7. The quantitative estimate of drug-likeness (QED) is 0.620. The number of hydrogen-bond donors (Lipinski definition) is 1. The number of carbonyl (C=O) groups excluding carboxylic acids is 1. The standard InChI is InChI=1S/C18H14Cl2N2O2S/c1-10-6-7-15(24-2)11(8-10)14-9-25-18(21-14)22-17(23)16-12(19)4-3-5-13(16)20/h3-9H,1-2H3,(H,21,22,23). The number of ether oxygens (including phenoxy) is 1. The van der Waals surface area contributed by atoms with E-state index < -0.39 is 5.91 Å². The van der Waals surface area contributed by atoms with Gasteiger partial charge in [0, 0.05) is 10.9 Å². The second-order valence-corrected chi connectivity index (χ2v) is 6.96. The van der Waals surface area contributed by atoms with Crippen molar-refractivity contribution < 1.29 is 9.53 Å². The molecule has 0 fully saturated rings. The normalized spacial score (nSPS) is 10.6. The predicted molar refractivity (Wildman–Crippen MR) is 103 cm³/mol. The predicted octanol–water partition coefficient (Wildman–Crippen LogP) is 5.69. The number of aromatic nitrogens is 1. The summed E-state index contributed by atoms with van der Waals surface area (Å²) in [5.41, 5.74) is 2.93. The van der Waals surface area contributed by atoms with Crippen LogP contribution in [0.1, 0.15) is 15.9 Å². The van der Waals surface area contributed by atoms with Crippen LogP contribution in [0.25, 0.3) is 11.3 Å². The summed E-state index contributed by atoms with van der Waals surface area (Å²) in [7, 11) is 1.61. The zero-order valence-electron chi connectivity index (χ0n) is 13.5. The first-order chi connectivity index (χ1) is 12.0. The van der Waals surface area contributed by atoms with Gasteiger partial charge in [-0.15, -0.1) is 11.3 Å². The van der Waals surface area contributed by atoms with Gasteiger partial charge in [0.1, 0.15) is 5.75 Å². The van der Waals surface area contributed by atoms with E-state index in [1.807, 2.05) is 30.5 Å². The zero-order valence-corrected chi connectivity index (χ0v) is 15.8. The molecular weight excluding hydrogens is 379 g/mol. The minimum Gasteiger partial charge on any atom is -0.496 e. The van der Waals surface area contributed by atoms with E-state index in [0.717, 1.165) is 22.6 Å². The van der Waals surface area contributed by atoms with Gasteiger partial charge in [-0.1, -0.05) is 40.9 Å². The van der Waals surface area contributed by atoms with Crippen molar-refractivity contribution in [1.82, 2.24) is 4.98 Å². The number of nitrogens with one attached hydrogen (secondary N) is 1. The topological polar surface area (TPSA) is 51.2 Å². The molecule has 2 aromatic carbocycles. The van der Waals surface area contributed by atoms with Crippen LogP contribution >= 0.6 is 34.5 Å². The average molecular weight is 393 g/mol. The molecule has 1 amide bonds. The molecule has 25 heavy (non-hydrogen) atoms. The number of hydrogen-bond acceptors (Lipinski definition) is 4. The molecule has 0 saturated carbocycles. The lowest BCUT2D eigenvalue weighted by Crippen LogP contribution is -2.12. The lowest BCUT2D eigenvalue weighted by Gasteiger charge is -2.07. The van der Waals surface area contributed by atoms with E-state index in [2.05, 4.69) is 10.3 Å². The largest absolute Gasteiger partial charge is 0.496 e. The van der Waals surface area contributed by atoms with Gasteiger partial charge in [0.25, 0.3) is 5.91 Å². The van der Waals surface area contributed by atoms with Gasteiger partial charge in [-0.25, -0.2) is 4.98 Å². The molecule has 0 aliphatic rings. The highest BCUT2D eigenvalue weighted by Gasteiger charge is 2.17. The molecule has 128 valence electrons. The molecule has 3 rings (SSSR count). The van der Waals surface area contributed by atoms with Gasteiger partial charge in [-0.05, 0) is 31.2 Å². The van der Waals surface area contributed by atoms with Crippen molar-refractivity contribution in [3.63, 3.8) is 0 Å². The lowest BCUT2D eigenvalue weighted by atomic mass is 10.1. The maximum Gasteiger partial charge on any atom is 0.260 e. The summed E-state index contributed by atoms with van der Waals surface area (Å²) in [4.78, 5) is 16.9. The SMILES string of the molecule is COc1ccc(C)cc1-c1csc(NC(=O)c2c(Cl)cccc2Cl)n1. The molecule has 0 aliphatic carbocycles. The van der Waals surface area contributed by atoms with Crippen LogP contribution in [0, 0.1) is 6.92 Å². The van der Waals surface area contributed by atoms with E-state index in [-0.39, 0.29) is 5.56 Å². The molecule has 0 atom stereocenters. The van der Waals surface area contributed by atoms with Crippen molar-refractivity contribution in [2.75, 3.05) is 12.4 Å². The van der Waals surface area contributed by atoms with Crippen LogP contribution in [0.15, 0.2) is 41.8 Å². The molecule has 3 aromatic rings. The Balaban J connectivity index is 1.88. The second-order valence-electron chi connectivity index (χ2n) is 5.29. The maximum absolute atomic E-state index is 12.4. The van der Waals surface area contributed by atoms with E-state index in [1.165, 1.54) is 11.3 Å². The van der Waals surface area contributed by atoms with E-state index in [1.54, 1.807) is 25.3 Å². The Labute approximate surface area is 159 Å². The fraction of sp³-hybridized carbons (Fsp3) is 0.111. The Hall–Kier alpha value is -2.08. The Bertz CT molecular complexity index is 920. The van der Waals surface area contributed by atoms with Gasteiger partial charge in [0.15, 0.2) is 5.13 Å². The summed E-state index contributed by atoms with van der Waals surface area (Å²) < 4.78 is 5.39. The van der Waals surface area contributed by atoms with Gasteiger partial charge in [-0.2, -0.15) is 0 Å². The number of nitrogens with zero attached hydrogens (tertiary/aromatic N) is 1. The highest BCUT2D eigenvalue weighted by atomic mass is 35.5. The summed E-state index contributed by atoms with van der Waals surface area (Å²) in [5.74, 6) is 0.329. The molecule has 0 spiro atoms. The van der Waals surface area contributed by atoms with Gasteiger partial charge >= 0.3 is 0 Å². The van der Waals surface area contributed by atoms with Gasteiger partial charge in [-0.3, -0.25) is 10.1 Å². The Morgan fingerprint density at radius 1 is 1.20 bits per heavy atom. The Kier molecular flexibility index (Phi) is 5.27. The van der Waals surface area contributed by atoms with Crippen molar-refractivity contribution in [1.29, 1.82) is 0 Å². The summed E-state index contributed by atoms with van der Waals surface area (Å²) in [5, 5.41) is 5.65. The molecule has 7 heteroatoms. The molecule has 0 aliphatic heterocycles. The van der Waals surface area contributed by atoms with Crippen LogP contribution < -0.4 is 10.1 Å². The number of aryl methyl sites for hydroxylation is 1. The van der Waals surface area contributed by atoms with Gasteiger partial charge in [0.2, 0.25) is 0 Å². The van der Waals surface area contributed by atoms with Crippen LogP contribution in [0.4, 0.5) is 5.13 Å². The first-order valence-corrected chi connectivity index (χ1v) is 8.99. The summed E-state index contributed by atoms with van der Waals surface area (Å²) in [6, 6.07) is 10.8. The van der Waals surface area contributed by atoms with Gasteiger partial charge in [0.05, 0.1) is 28.4 Å². The van der Waals surface area contributed by atoms with E-state index >= 15 is 0 Å². The molecule has 1 aromatic heterocycles. The number of halogens is 2. The minimum atomic E-state index is -0.396. The van der Waals surface area contributed by atoms with Crippen LogP contribution in [0.2, 0.25) is 10.0 Å². The van der Waals surface area contributed by atoms with Crippen LogP contribution in [-0.4, -0.2) is 18.0 Å². The maximum atomic E-state index is 12.4. The number of methoxy groups -OCH3 is 1. The minimum absolute atomic E-state index is 0.232. The Morgan fingerprint density at radius 3 is 2.60 bits per heavy atom. The molecule has 1 N–H and O–H groups in total. The number of rotatable bonds is 4. The molecule has 0 radical (unpaired) electrons. The lowest BCUT2D eigenvalue weighted by molar-refractivity contribution is 0.102.